The third-order valence-corrected chi connectivity index (χ3v) is 19.1. The molecule has 0 radical (unpaired) electrons. The fourth-order valence-corrected chi connectivity index (χ4v) is 12.1. The standard InChI is InChI=1S/C21H20N2O2.C18H20N2O3.C18H20N2O2.C17H18N2O2.C13H18N2O2.C12H16N2O2/c1-14-6-9-19(22)18(12-14)20(24)10-11-23-21(25)17-8-7-15-4-2-3-5-16(15)13-17;1-12-3-8-16(19)15(11-12)17(21)9-10-20-18(22)13-4-6-14(23-2)7-5-13;1-12-7-8-16(19)15(11-12)17(21)9-10-20-18(22)14-6-4-3-5-13(14)2;1-12-7-8-15(18)14(11-12)16(20)9-10-19-17(21)13-5-3-2-4-6-13;1-3-13(17)15-7-6-12(16)10-8-9(2)4-5-11(10)14;1-8-3-4-11(13)10(7-8)12(16)5-6-14-9(2)15/h2-9,12-13H,10-11,22H2,1H3,(H,23,25);3-8,11H,9-10,19H2,1-2H3,(H,20,22);3-8,11H,9-10,19H2,1-2H3,(H,20,22);2-8,11H,9-10,18H2,1H3,(H,19,21);4-5,8H,3,6-7,14H2,1-2H3,(H,15,17);3-4,7H,5-6,13H2,1-2H3,(H,14,15). The molecule has 0 aromatic heterocycles. The molecule has 0 saturated heterocycles. The average molecular weight is 1680 g/mol. The van der Waals surface area contributed by atoms with Crippen LogP contribution in [0.4, 0.5) is 34.1 Å². The molecular formula is C99H112N12O13. The Kier molecular flexibility index (Phi) is 39.7. The van der Waals surface area contributed by atoms with Gasteiger partial charge in [0, 0.05) is 181 Å². The summed E-state index contributed by atoms with van der Waals surface area (Å²) in [4.78, 5) is 142. The first-order valence-electron chi connectivity index (χ1n) is 40.4. The Morgan fingerprint density at radius 1 is 0.274 bits per heavy atom. The molecule has 11 aromatic carbocycles. The van der Waals surface area contributed by atoms with E-state index < -0.39 is 0 Å². The molecule has 0 unspecified atom stereocenters. The highest BCUT2D eigenvalue weighted by atomic mass is 16.5. The van der Waals surface area contributed by atoms with Crippen LogP contribution in [0.5, 0.6) is 5.75 Å². The van der Waals surface area contributed by atoms with Gasteiger partial charge in [-0.3, -0.25) is 57.5 Å². The second-order valence-corrected chi connectivity index (χ2v) is 29.3. The highest BCUT2D eigenvalue weighted by Gasteiger charge is 2.19. The van der Waals surface area contributed by atoms with Crippen molar-refractivity contribution in [3.8, 4) is 5.75 Å². The molecule has 11 aromatic rings. The number of benzene rings is 11. The number of hydrogen-bond donors (Lipinski definition) is 12. The van der Waals surface area contributed by atoms with E-state index in [1.165, 1.54) is 6.92 Å². The highest BCUT2D eigenvalue weighted by molar-refractivity contribution is 6.06. The summed E-state index contributed by atoms with van der Waals surface area (Å²) in [6.45, 7) is 18.4. The summed E-state index contributed by atoms with van der Waals surface area (Å²) in [5.41, 5.74) is 49.9. The van der Waals surface area contributed by atoms with Crippen molar-refractivity contribution in [2.45, 2.75) is 107 Å². The number of rotatable bonds is 30. The quantitative estimate of drug-likeness (QED) is 0.0147. The number of Topliss-reactive ketones (excluding diaryl/α,β-unsaturated/α-hetero) is 6. The number of carbonyl (C=O) groups is 12. The maximum absolute atomic E-state index is 12.3. The van der Waals surface area contributed by atoms with Crippen molar-refractivity contribution in [1.82, 2.24) is 31.9 Å². The van der Waals surface area contributed by atoms with Crippen LogP contribution in [0.1, 0.15) is 201 Å². The molecule has 0 heterocycles. The zero-order valence-electron chi connectivity index (χ0n) is 71.9. The molecule has 124 heavy (non-hydrogen) atoms. The maximum atomic E-state index is 12.3. The van der Waals surface area contributed by atoms with Crippen LogP contribution in [0.3, 0.4) is 0 Å². The number of carbonyl (C=O) groups excluding carboxylic acids is 12. The minimum absolute atomic E-state index is 0.0393. The predicted molar refractivity (Wildman–Crippen MR) is 493 cm³/mol. The van der Waals surface area contributed by atoms with Crippen LogP contribution in [-0.2, 0) is 9.59 Å². The Morgan fingerprint density at radius 3 is 0.887 bits per heavy atom. The average Bonchev–Trinajstić information content (AvgIpc) is 0.830. The van der Waals surface area contributed by atoms with Gasteiger partial charge in [-0.1, -0.05) is 143 Å². The van der Waals surface area contributed by atoms with Crippen LogP contribution >= 0.6 is 0 Å². The molecular weight excluding hydrogens is 1570 g/mol. The lowest BCUT2D eigenvalue weighted by Crippen LogP contribution is -2.26. The first-order chi connectivity index (χ1) is 59.2. The van der Waals surface area contributed by atoms with Gasteiger partial charge in [-0.2, -0.15) is 0 Å². The van der Waals surface area contributed by atoms with Crippen LogP contribution in [-0.4, -0.2) is 117 Å². The smallest absolute Gasteiger partial charge is 0.251 e. The monoisotopic (exact) mass is 1680 g/mol. The zero-order chi connectivity index (χ0) is 91.0. The number of nitrogen functional groups attached to an aromatic ring is 6. The Balaban J connectivity index is 0.000000232. The summed E-state index contributed by atoms with van der Waals surface area (Å²) in [6.07, 6.45) is 1.85. The Morgan fingerprint density at radius 2 is 0.556 bits per heavy atom. The van der Waals surface area contributed by atoms with Crippen LogP contribution in [0.15, 0.2) is 231 Å². The highest BCUT2D eigenvalue weighted by Crippen LogP contribution is 2.23. The van der Waals surface area contributed by atoms with Gasteiger partial charge in [0.25, 0.3) is 23.6 Å². The van der Waals surface area contributed by atoms with Crippen molar-refractivity contribution in [2.24, 2.45) is 0 Å². The van der Waals surface area contributed by atoms with Crippen LogP contribution in [0, 0.1) is 48.5 Å². The number of aryl methyl sites for hydroxylation is 7. The largest absolute Gasteiger partial charge is 0.497 e. The lowest BCUT2D eigenvalue weighted by molar-refractivity contribution is -0.121. The lowest BCUT2D eigenvalue weighted by atomic mass is 10.0. The van der Waals surface area contributed by atoms with E-state index in [-0.39, 0.29) is 122 Å². The van der Waals surface area contributed by atoms with Crippen LogP contribution in [0.2, 0.25) is 0 Å². The summed E-state index contributed by atoms with van der Waals surface area (Å²) < 4.78 is 5.04. The Labute approximate surface area is 724 Å². The molecule has 0 bridgehead atoms. The molecule has 0 aliphatic rings. The van der Waals surface area contributed by atoms with Crippen molar-refractivity contribution < 1.29 is 62.3 Å². The first-order valence-corrected chi connectivity index (χ1v) is 40.4. The number of fused-ring (bicyclic) bond motifs is 1. The third-order valence-electron chi connectivity index (χ3n) is 19.1. The zero-order valence-corrected chi connectivity index (χ0v) is 71.9. The second kappa shape index (κ2) is 50.3. The summed E-state index contributed by atoms with van der Waals surface area (Å²) >= 11 is 0. The predicted octanol–water partition coefficient (Wildman–Crippen LogP) is 14.8. The summed E-state index contributed by atoms with van der Waals surface area (Å²) in [5.74, 6) is -0.613. The van der Waals surface area contributed by atoms with E-state index in [2.05, 4.69) is 31.9 Å². The number of methoxy groups -OCH3 is 1. The SMILES string of the molecule is CC(=O)NCCC(=O)c1cc(C)ccc1N.CCC(=O)NCCC(=O)c1cc(C)ccc1N.COc1ccc(C(=O)NCCC(=O)c2cc(C)ccc2N)cc1.Cc1ccc(N)c(C(=O)CCNC(=O)c2ccc3ccccc3c2)c1.Cc1ccc(N)c(C(=O)CCNC(=O)c2ccccc2)c1.Cc1ccc(N)c(C(=O)CCNC(=O)c2ccccc2C)c1. The second-order valence-electron chi connectivity index (χ2n) is 29.3. The van der Waals surface area contributed by atoms with E-state index in [1.807, 2.05) is 146 Å². The number of anilines is 6. The molecule has 0 atom stereocenters. The summed E-state index contributed by atoms with van der Waals surface area (Å²) in [5, 5.41) is 18.4. The van der Waals surface area contributed by atoms with Gasteiger partial charge in [0.2, 0.25) is 11.8 Å². The summed E-state index contributed by atoms with van der Waals surface area (Å²) in [6, 6.07) is 68.7. The van der Waals surface area contributed by atoms with Crippen molar-refractivity contribution >= 4 is 115 Å². The van der Waals surface area contributed by atoms with Gasteiger partial charge in [0.15, 0.2) is 34.7 Å². The maximum Gasteiger partial charge on any atom is 0.251 e. The number of nitrogens with two attached hydrogens (primary N) is 6. The van der Waals surface area contributed by atoms with Gasteiger partial charge in [0.05, 0.1) is 7.11 Å². The van der Waals surface area contributed by atoms with Gasteiger partial charge >= 0.3 is 0 Å². The molecule has 11 rings (SSSR count). The Bertz CT molecular complexity index is 5590. The van der Waals surface area contributed by atoms with Gasteiger partial charge in [-0.25, -0.2) is 0 Å². The fourth-order valence-electron chi connectivity index (χ4n) is 12.1. The van der Waals surface area contributed by atoms with Crippen molar-refractivity contribution in [2.75, 3.05) is 80.8 Å². The minimum Gasteiger partial charge on any atom is -0.497 e. The molecule has 0 aliphatic heterocycles. The number of amides is 6. The molecule has 25 heteroatoms. The molecule has 0 spiro atoms. The van der Waals surface area contributed by atoms with E-state index in [4.69, 9.17) is 39.1 Å². The Hall–Kier alpha value is -14.9. The molecule has 18 N–H and O–H groups in total. The first kappa shape index (κ1) is 97.9. The number of ketones is 6. The van der Waals surface area contributed by atoms with E-state index in [0.717, 1.165) is 49.7 Å². The van der Waals surface area contributed by atoms with Gasteiger partial charge in [-0.15, -0.1) is 0 Å². The molecule has 646 valence electrons. The third kappa shape index (κ3) is 32.7. The molecule has 0 fully saturated rings. The van der Waals surface area contributed by atoms with Crippen molar-refractivity contribution in [3.05, 3.63) is 325 Å². The lowest BCUT2D eigenvalue weighted by Gasteiger charge is -2.08. The van der Waals surface area contributed by atoms with Gasteiger partial charge in [0.1, 0.15) is 5.75 Å². The van der Waals surface area contributed by atoms with Crippen molar-refractivity contribution in [3.63, 3.8) is 0 Å². The van der Waals surface area contributed by atoms with Gasteiger partial charge in [-0.05, 0) is 192 Å². The van der Waals surface area contributed by atoms with E-state index in [9.17, 15) is 57.5 Å². The topological polar surface area (TPSA) is 442 Å². The van der Waals surface area contributed by atoms with E-state index in [1.54, 1.807) is 147 Å². The van der Waals surface area contributed by atoms with Gasteiger partial charge < -0.3 is 71.0 Å². The summed E-state index contributed by atoms with van der Waals surface area (Å²) in [7, 11) is 1.57. The minimum atomic E-state index is -0.224. The fraction of sp³-hybridized carbons (Fsp3) is 0.232. The molecule has 25 nitrogen and oxygen atoms in total. The van der Waals surface area contributed by atoms with Crippen molar-refractivity contribution in [1.29, 1.82) is 0 Å². The number of hydrogen-bond acceptors (Lipinski definition) is 19. The normalized spacial score (nSPS) is 10.2. The molecule has 0 saturated carbocycles. The van der Waals surface area contributed by atoms with Crippen LogP contribution in [0.25, 0.3) is 10.8 Å². The molecule has 0 aliphatic carbocycles. The van der Waals surface area contributed by atoms with E-state index >= 15 is 0 Å². The number of ether oxygens (including phenoxy) is 1. The van der Waals surface area contributed by atoms with Crippen LogP contribution < -0.4 is 71.0 Å². The number of nitrogens with one attached hydrogen (secondary N) is 6. The van der Waals surface area contributed by atoms with E-state index in [0.29, 0.717) is 128 Å². The molecule has 6 amide bonds.